The van der Waals surface area contributed by atoms with E-state index in [4.69, 9.17) is 9.47 Å². The second-order valence-corrected chi connectivity index (χ2v) is 7.25. The first-order valence-electron chi connectivity index (χ1n) is 10.5. The van der Waals surface area contributed by atoms with Gasteiger partial charge >= 0.3 is 0 Å². The molecular weight excluding hydrogens is 432 g/mol. The van der Waals surface area contributed by atoms with Crippen molar-refractivity contribution in [1.29, 1.82) is 0 Å². The first kappa shape index (κ1) is 22.5. The summed E-state index contributed by atoms with van der Waals surface area (Å²) in [5, 5.41) is 6.08. The fraction of sp³-hybridized carbons (Fsp3) is 0.120. The molecule has 172 valence electrons. The normalized spacial score (nSPS) is 10.8. The van der Waals surface area contributed by atoms with Crippen molar-refractivity contribution in [2.75, 3.05) is 24.9 Å². The molecule has 2 aromatic carbocycles. The van der Waals surface area contributed by atoms with E-state index < -0.39 is 0 Å². The van der Waals surface area contributed by atoms with Crippen LogP contribution in [0.15, 0.2) is 73.3 Å². The molecule has 2 N–H and O–H groups in total. The molecule has 9 nitrogen and oxygen atoms in total. The minimum atomic E-state index is -0.244. The van der Waals surface area contributed by atoms with Crippen LogP contribution in [-0.2, 0) is 4.79 Å². The fourth-order valence-corrected chi connectivity index (χ4v) is 3.26. The van der Waals surface area contributed by atoms with Gasteiger partial charge in [0.2, 0.25) is 5.91 Å². The van der Waals surface area contributed by atoms with Gasteiger partial charge in [-0.05, 0) is 55.0 Å². The number of nitrogens with one attached hydrogen (secondary N) is 2. The maximum absolute atomic E-state index is 12.3. The van der Waals surface area contributed by atoms with Gasteiger partial charge in [0.15, 0.2) is 11.5 Å². The van der Waals surface area contributed by atoms with E-state index in [0.717, 1.165) is 22.9 Å². The van der Waals surface area contributed by atoms with Crippen molar-refractivity contribution in [3.05, 3.63) is 84.7 Å². The molecule has 4 rings (SSSR count). The number of amides is 1. The van der Waals surface area contributed by atoms with Gasteiger partial charge in [-0.3, -0.25) is 9.36 Å². The number of imidazole rings is 1. The van der Waals surface area contributed by atoms with Gasteiger partial charge in [0, 0.05) is 35.9 Å². The molecule has 0 aliphatic rings. The Balaban J connectivity index is 1.37. The largest absolute Gasteiger partial charge is 0.493 e. The maximum Gasteiger partial charge on any atom is 0.248 e. The van der Waals surface area contributed by atoms with Crippen LogP contribution in [0.3, 0.4) is 0 Å². The highest BCUT2D eigenvalue weighted by Gasteiger charge is 2.06. The highest BCUT2D eigenvalue weighted by molar-refractivity contribution is 6.02. The Kier molecular flexibility index (Phi) is 6.83. The molecule has 0 unspecified atom stereocenters. The zero-order valence-corrected chi connectivity index (χ0v) is 19.0. The van der Waals surface area contributed by atoms with Crippen LogP contribution in [0, 0.1) is 6.92 Å². The summed E-state index contributed by atoms with van der Waals surface area (Å²) in [5.41, 5.74) is 2.32. The van der Waals surface area contributed by atoms with Crippen LogP contribution in [0.4, 0.5) is 17.2 Å². The van der Waals surface area contributed by atoms with E-state index in [-0.39, 0.29) is 5.91 Å². The van der Waals surface area contributed by atoms with Crippen molar-refractivity contribution in [3.63, 3.8) is 0 Å². The number of anilines is 3. The number of rotatable bonds is 8. The summed E-state index contributed by atoms with van der Waals surface area (Å²) in [6.45, 7) is 1.91. The highest BCUT2D eigenvalue weighted by atomic mass is 16.5. The Morgan fingerprint density at radius 1 is 0.941 bits per heavy atom. The SMILES string of the molecule is COc1ccc(/C=C/C(=O)Nc2ccc(Nc3cc(-n4ccnc4C)ncn3)cc2)cc1OC. The average Bonchev–Trinajstić information content (AvgIpc) is 3.29. The van der Waals surface area contributed by atoms with Gasteiger partial charge in [-0.15, -0.1) is 0 Å². The van der Waals surface area contributed by atoms with Crippen molar-refractivity contribution < 1.29 is 14.3 Å². The lowest BCUT2D eigenvalue weighted by atomic mass is 10.2. The van der Waals surface area contributed by atoms with Crippen LogP contribution < -0.4 is 20.1 Å². The number of nitrogens with zero attached hydrogens (tertiary/aromatic N) is 4. The monoisotopic (exact) mass is 456 g/mol. The number of benzene rings is 2. The van der Waals surface area contributed by atoms with E-state index in [0.29, 0.717) is 23.0 Å². The summed E-state index contributed by atoms with van der Waals surface area (Å²) in [6, 6.07) is 14.6. The maximum atomic E-state index is 12.3. The Hall–Kier alpha value is -4.66. The van der Waals surface area contributed by atoms with Gasteiger partial charge < -0.3 is 20.1 Å². The van der Waals surface area contributed by atoms with E-state index in [9.17, 15) is 4.79 Å². The van der Waals surface area contributed by atoms with Crippen molar-refractivity contribution in [1.82, 2.24) is 19.5 Å². The molecule has 0 fully saturated rings. The number of methoxy groups -OCH3 is 2. The van der Waals surface area contributed by atoms with Crippen LogP contribution in [-0.4, -0.2) is 39.6 Å². The molecule has 0 aliphatic heterocycles. The van der Waals surface area contributed by atoms with E-state index in [1.807, 2.05) is 54.1 Å². The molecule has 0 atom stereocenters. The molecule has 0 spiro atoms. The van der Waals surface area contributed by atoms with Crippen LogP contribution in [0.1, 0.15) is 11.4 Å². The predicted octanol–water partition coefficient (Wildman–Crippen LogP) is 4.38. The number of ether oxygens (including phenoxy) is 2. The summed E-state index contributed by atoms with van der Waals surface area (Å²) < 4.78 is 12.4. The zero-order chi connectivity index (χ0) is 23.9. The molecule has 34 heavy (non-hydrogen) atoms. The lowest BCUT2D eigenvalue weighted by Crippen LogP contribution is -2.07. The van der Waals surface area contributed by atoms with Crippen LogP contribution >= 0.6 is 0 Å². The summed E-state index contributed by atoms with van der Waals surface area (Å²) in [5.74, 6) is 3.19. The van der Waals surface area contributed by atoms with Crippen LogP contribution in [0.5, 0.6) is 11.5 Å². The van der Waals surface area contributed by atoms with Crippen molar-refractivity contribution in [3.8, 4) is 17.3 Å². The zero-order valence-electron chi connectivity index (χ0n) is 19.0. The minimum absolute atomic E-state index is 0.244. The Morgan fingerprint density at radius 2 is 1.71 bits per heavy atom. The summed E-state index contributed by atoms with van der Waals surface area (Å²) in [7, 11) is 3.15. The van der Waals surface area contributed by atoms with E-state index in [1.165, 1.54) is 12.4 Å². The van der Waals surface area contributed by atoms with Crippen molar-refractivity contribution in [2.24, 2.45) is 0 Å². The molecule has 9 heteroatoms. The fourth-order valence-electron chi connectivity index (χ4n) is 3.26. The van der Waals surface area contributed by atoms with E-state index >= 15 is 0 Å². The van der Waals surface area contributed by atoms with Gasteiger partial charge in [0.25, 0.3) is 0 Å². The number of hydrogen-bond acceptors (Lipinski definition) is 7. The lowest BCUT2D eigenvalue weighted by molar-refractivity contribution is -0.111. The Morgan fingerprint density at radius 3 is 2.41 bits per heavy atom. The number of hydrogen-bond donors (Lipinski definition) is 2. The quantitative estimate of drug-likeness (QED) is 0.379. The van der Waals surface area contributed by atoms with E-state index in [1.54, 1.807) is 38.6 Å². The molecular formula is C25H24N6O3. The standard InChI is InChI=1S/C25H24N6O3/c1-17-26-12-13-31(17)24-15-23(27-16-28-24)29-19-6-8-20(9-7-19)30-25(32)11-5-18-4-10-21(33-2)22(14-18)34-3/h4-16H,1-3H3,(H,30,32)(H,27,28,29)/b11-5+. The molecule has 2 heterocycles. The van der Waals surface area contributed by atoms with Crippen molar-refractivity contribution >= 4 is 29.2 Å². The molecule has 0 saturated carbocycles. The molecule has 0 bridgehead atoms. The Labute approximate surface area is 197 Å². The van der Waals surface area contributed by atoms with Gasteiger partial charge in [-0.25, -0.2) is 15.0 Å². The minimum Gasteiger partial charge on any atom is -0.493 e. The third-order valence-corrected chi connectivity index (χ3v) is 4.98. The molecule has 0 saturated heterocycles. The lowest BCUT2D eigenvalue weighted by Gasteiger charge is -2.09. The third kappa shape index (κ3) is 5.39. The van der Waals surface area contributed by atoms with Crippen molar-refractivity contribution in [2.45, 2.75) is 6.92 Å². The second-order valence-electron chi connectivity index (χ2n) is 7.25. The van der Waals surface area contributed by atoms with Crippen LogP contribution in [0.25, 0.3) is 11.9 Å². The first-order valence-corrected chi connectivity index (χ1v) is 10.5. The topological polar surface area (TPSA) is 103 Å². The number of aryl methyl sites for hydroxylation is 1. The van der Waals surface area contributed by atoms with E-state index in [2.05, 4.69) is 25.6 Å². The number of carbonyl (C=O) groups is 1. The molecule has 0 aliphatic carbocycles. The second kappa shape index (κ2) is 10.3. The molecule has 0 radical (unpaired) electrons. The summed E-state index contributed by atoms with van der Waals surface area (Å²) in [4.78, 5) is 25.1. The Bertz CT molecular complexity index is 1310. The third-order valence-electron chi connectivity index (χ3n) is 4.98. The summed E-state index contributed by atoms with van der Waals surface area (Å²) >= 11 is 0. The first-order chi connectivity index (χ1) is 16.6. The van der Waals surface area contributed by atoms with Gasteiger partial charge in [-0.2, -0.15) is 0 Å². The average molecular weight is 457 g/mol. The smallest absolute Gasteiger partial charge is 0.248 e. The van der Waals surface area contributed by atoms with Crippen LogP contribution in [0.2, 0.25) is 0 Å². The predicted molar refractivity (Wildman–Crippen MR) is 131 cm³/mol. The van der Waals surface area contributed by atoms with Gasteiger partial charge in [0.1, 0.15) is 23.8 Å². The van der Waals surface area contributed by atoms with Gasteiger partial charge in [-0.1, -0.05) is 6.07 Å². The molecule has 2 aromatic heterocycles. The number of aromatic nitrogens is 4. The molecule has 1 amide bonds. The number of carbonyl (C=O) groups excluding carboxylic acids is 1. The van der Waals surface area contributed by atoms with Gasteiger partial charge in [0.05, 0.1) is 14.2 Å². The summed E-state index contributed by atoms with van der Waals surface area (Å²) in [6.07, 6.45) is 8.24. The highest BCUT2D eigenvalue weighted by Crippen LogP contribution is 2.28. The molecule has 4 aromatic rings.